The number of carboxylic acids is 1. The number of carboxylic acid groups (broad SMARTS) is 1. The van der Waals surface area contributed by atoms with E-state index in [1.807, 2.05) is 6.20 Å². The van der Waals surface area contributed by atoms with Gasteiger partial charge in [0.15, 0.2) is 0 Å². The molecule has 5 heteroatoms. The van der Waals surface area contributed by atoms with Crippen molar-refractivity contribution in [3.05, 3.63) is 12.4 Å². The van der Waals surface area contributed by atoms with Crippen LogP contribution < -0.4 is 5.32 Å². The maximum Gasteiger partial charge on any atom is 0.303 e. The Kier molecular flexibility index (Phi) is 6.05. The smallest absolute Gasteiger partial charge is 0.303 e. The topological polar surface area (TPSA) is 67.2 Å². The van der Waals surface area contributed by atoms with E-state index in [9.17, 15) is 4.79 Å². The van der Waals surface area contributed by atoms with Gasteiger partial charge in [0, 0.05) is 31.9 Å². The minimum Gasteiger partial charge on any atom is -0.481 e. The molecule has 0 saturated heterocycles. The molecule has 114 valence electrons. The van der Waals surface area contributed by atoms with Gasteiger partial charge in [0.2, 0.25) is 5.95 Å². The van der Waals surface area contributed by atoms with Crippen molar-refractivity contribution in [2.24, 2.45) is 11.3 Å². The second-order valence-electron chi connectivity index (χ2n) is 6.25. The number of aromatic nitrogens is 2. The van der Waals surface area contributed by atoms with E-state index in [0.717, 1.165) is 31.9 Å². The third-order valence-electron chi connectivity index (χ3n) is 3.76. The summed E-state index contributed by atoms with van der Waals surface area (Å²) in [6, 6.07) is 0. The number of nitrogens with one attached hydrogen (secondary N) is 1. The van der Waals surface area contributed by atoms with Gasteiger partial charge >= 0.3 is 5.97 Å². The molecule has 0 bridgehead atoms. The molecule has 2 N–H and O–H groups in total. The van der Waals surface area contributed by atoms with Crippen LogP contribution in [-0.4, -0.2) is 27.2 Å². The standard InChI is InChI=1S/C15H27N3O2/c1-5-18-11-10-17-14(18)16-9-8-12(15(2,3)4)6-7-13(19)20/h10-12H,5-9H2,1-4H3,(H,16,17)(H,19,20). The Balaban J connectivity index is 2.48. The summed E-state index contributed by atoms with van der Waals surface area (Å²) in [4.78, 5) is 15.0. The first-order valence-electron chi connectivity index (χ1n) is 7.31. The van der Waals surface area contributed by atoms with Crippen LogP contribution in [0.4, 0.5) is 5.95 Å². The van der Waals surface area contributed by atoms with Crippen LogP contribution in [0.25, 0.3) is 0 Å². The SMILES string of the molecule is CCn1ccnc1NCCC(CCC(=O)O)C(C)(C)C. The molecule has 0 aromatic carbocycles. The Morgan fingerprint density at radius 1 is 1.45 bits per heavy atom. The van der Waals surface area contributed by atoms with Crippen molar-refractivity contribution < 1.29 is 9.90 Å². The number of aliphatic carboxylic acids is 1. The van der Waals surface area contributed by atoms with E-state index in [2.05, 4.69) is 42.6 Å². The molecule has 1 atom stereocenters. The van der Waals surface area contributed by atoms with E-state index in [1.54, 1.807) is 6.20 Å². The molecule has 0 radical (unpaired) electrons. The monoisotopic (exact) mass is 281 g/mol. The number of aryl methyl sites for hydroxylation is 1. The Hall–Kier alpha value is -1.52. The maximum atomic E-state index is 10.7. The summed E-state index contributed by atoms with van der Waals surface area (Å²) in [6.07, 6.45) is 5.66. The second-order valence-corrected chi connectivity index (χ2v) is 6.25. The zero-order valence-corrected chi connectivity index (χ0v) is 13.0. The molecule has 0 aliphatic carbocycles. The van der Waals surface area contributed by atoms with Gasteiger partial charge in [0.25, 0.3) is 0 Å². The molecule has 0 fully saturated rings. The highest BCUT2D eigenvalue weighted by Crippen LogP contribution is 2.32. The van der Waals surface area contributed by atoms with Gasteiger partial charge in [0.1, 0.15) is 0 Å². The van der Waals surface area contributed by atoms with Crippen LogP contribution in [0, 0.1) is 11.3 Å². The molecule has 0 saturated carbocycles. The third kappa shape index (κ3) is 5.23. The highest BCUT2D eigenvalue weighted by Gasteiger charge is 2.24. The molecular formula is C15H27N3O2. The summed E-state index contributed by atoms with van der Waals surface area (Å²) in [5.74, 6) is 0.559. The first kappa shape index (κ1) is 16.5. The van der Waals surface area contributed by atoms with E-state index in [1.165, 1.54) is 0 Å². The van der Waals surface area contributed by atoms with Crippen LogP contribution in [0.1, 0.15) is 47.0 Å². The quantitative estimate of drug-likeness (QED) is 0.767. The van der Waals surface area contributed by atoms with Crippen molar-refractivity contribution in [1.29, 1.82) is 0 Å². The third-order valence-corrected chi connectivity index (χ3v) is 3.76. The number of nitrogens with zero attached hydrogens (tertiary/aromatic N) is 2. The number of rotatable bonds is 8. The fourth-order valence-corrected chi connectivity index (χ4v) is 2.40. The van der Waals surface area contributed by atoms with Crippen LogP contribution in [0.15, 0.2) is 12.4 Å². The van der Waals surface area contributed by atoms with Crippen molar-refractivity contribution in [3.63, 3.8) is 0 Å². The van der Waals surface area contributed by atoms with Crippen LogP contribution in [0.2, 0.25) is 0 Å². The number of hydrogen-bond donors (Lipinski definition) is 2. The second kappa shape index (κ2) is 7.31. The van der Waals surface area contributed by atoms with Gasteiger partial charge < -0.3 is 15.0 Å². The lowest BCUT2D eigenvalue weighted by Gasteiger charge is -2.30. The van der Waals surface area contributed by atoms with E-state index >= 15 is 0 Å². The van der Waals surface area contributed by atoms with Crippen molar-refractivity contribution in [3.8, 4) is 0 Å². The highest BCUT2D eigenvalue weighted by atomic mass is 16.4. The lowest BCUT2D eigenvalue weighted by atomic mass is 9.76. The molecule has 20 heavy (non-hydrogen) atoms. The number of carbonyl (C=O) groups is 1. The molecular weight excluding hydrogens is 254 g/mol. The Morgan fingerprint density at radius 2 is 2.15 bits per heavy atom. The summed E-state index contributed by atoms with van der Waals surface area (Å²) in [7, 11) is 0. The molecule has 1 unspecified atom stereocenters. The maximum absolute atomic E-state index is 10.7. The molecule has 5 nitrogen and oxygen atoms in total. The van der Waals surface area contributed by atoms with Gasteiger partial charge in [-0.1, -0.05) is 20.8 Å². The minimum absolute atomic E-state index is 0.122. The lowest BCUT2D eigenvalue weighted by molar-refractivity contribution is -0.137. The predicted molar refractivity (Wildman–Crippen MR) is 80.8 cm³/mol. The van der Waals surface area contributed by atoms with Crippen molar-refractivity contribution in [1.82, 2.24) is 9.55 Å². The average molecular weight is 281 g/mol. The van der Waals surface area contributed by atoms with Crippen LogP contribution in [0.3, 0.4) is 0 Å². The zero-order chi connectivity index (χ0) is 15.2. The minimum atomic E-state index is -0.714. The van der Waals surface area contributed by atoms with Gasteiger partial charge in [0.05, 0.1) is 0 Å². The zero-order valence-electron chi connectivity index (χ0n) is 13.0. The Morgan fingerprint density at radius 3 is 2.70 bits per heavy atom. The normalized spacial score (nSPS) is 13.2. The fraction of sp³-hybridized carbons (Fsp3) is 0.733. The van der Waals surface area contributed by atoms with Gasteiger partial charge in [-0.25, -0.2) is 4.98 Å². The average Bonchev–Trinajstić information content (AvgIpc) is 2.78. The fourth-order valence-electron chi connectivity index (χ4n) is 2.40. The summed E-state index contributed by atoms with van der Waals surface area (Å²) in [6.45, 7) is 10.3. The number of hydrogen-bond acceptors (Lipinski definition) is 3. The molecule has 0 aliphatic rings. The van der Waals surface area contributed by atoms with Crippen molar-refractivity contribution in [2.75, 3.05) is 11.9 Å². The summed E-state index contributed by atoms with van der Waals surface area (Å²) in [5.41, 5.74) is 0.122. The van der Waals surface area contributed by atoms with Gasteiger partial charge in [-0.15, -0.1) is 0 Å². The highest BCUT2D eigenvalue weighted by molar-refractivity contribution is 5.66. The summed E-state index contributed by atoms with van der Waals surface area (Å²) >= 11 is 0. The van der Waals surface area contributed by atoms with Crippen LogP contribution >= 0.6 is 0 Å². The van der Waals surface area contributed by atoms with E-state index in [0.29, 0.717) is 5.92 Å². The summed E-state index contributed by atoms with van der Waals surface area (Å²) < 4.78 is 2.06. The van der Waals surface area contributed by atoms with Crippen LogP contribution in [0.5, 0.6) is 0 Å². The molecule has 1 heterocycles. The number of imidazole rings is 1. The van der Waals surface area contributed by atoms with Crippen molar-refractivity contribution in [2.45, 2.75) is 53.5 Å². The molecule has 0 amide bonds. The van der Waals surface area contributed by atoms with E-state index in [-0.39, 0.29) is 11.8 Å². The predicted octanol–water partition coefficient (Wildman–Crippen LogP) is 3.23. The number of anilines is 1. The van der Waals surface area contributed by atoms with E-state index < -0.39 is 5.97 Å². The molecule has 1 rings (SSSR count). The lowest BCUT2D eigenvalue weighted by Crippen LogP contribution is -2.24. The Bertz CT molecular complexity index is 421. The first-order chi connectivity index (χ1) is 9.34. The van der Waals surface area contributed by atoms with Gasteiger partial charge in [-0.2, -0.15) is 0 Å². The van der Waals surface area contributed by atoms with Crippen LogP contribution in [-0.2, 0) is 11.3 Å². The molecule has 1 aromatic rings. The summed E-state index contributed by atoms with van der Waals surface area (Å²) in [5, 5.41) is 12.2. The largest absolute Gasteiger partial charge is 0.481 e. The molecule has 1 aromatic heterocycles. The van der Waals surface area contributed by atoms with Gasteiger partial charge in [-0.3, -0.25) is 4.79 Å². The molecule has 0 aliphatic heterocycles. The first-order valence-corrected chi connectivity index (χ1v) is 7.31. The molecule has 0 spiro atoms. The Labute approximate surface area is 121 Å². The van der Waals surface area contributed by atoms with Crippen molar-refractivity contribution >= 4 is 11.9 Å². The van der Waals surface area contributed by atoms with Gasteiger partial charge in [-0.05, 0) is 31.1 Å². The van der Waals surface area contributed by atoms with E-state index in [4.69, 9.17) is 5.11 Å².